The van der Waals surface area contributed by atoms with Crippen LogP contribution in [-0.4, -0.2) is 18.0 Å². The van der Waals surface area contributed by atoms with Crippen LogP contribution >= 0.6 is 0 Å². The van der Waals surface area contributed by atoms with Gasteiger partial charge in [-0.25, -0.2) is 0 Å². The van der Waals surface area contributed by atoms with Crippen LogP contribution < -0.4 is 10.1 Å². The average molecular weight is 322 g/mol. The number of nitrogens with one attached hydrogen (secondary N) is 2. The lowest BCUT2D eigenvalue weighted by Crippen LogP contribution is -2.15. The maximum Gasteiger partial charge on any atom is 0.272 e. The highest BCUT2D eigenvalue weighted by atomic mass is 16.5. The number of benzene rings is 2. The lowest BCUT2D eigenvalue weighted by Gasteiger charge is -2.13. The number of amides is 1. The van der Waals surface area contributed by atoms with Gasteiger partial charge in [0.1, 0.15) is 11.4 Å². The number of fused-ring (bicyclic) bond motifs is 1. The minimum Gasteiger partial charge on any atom is -0.497 e. The van der Waals surface area contributed by atoms with Crippen molar-refractivity contribution in [2.75, 3.05) is 12.4 Å². The van der Waals surface area contributed by atoms with Gasteiger partial charge >= 0.3 is 0 Å². The largest absolute Gasteiger partial charge is 0.497 e. The summed E-state index contributed by atoms with van der Waals surface area (Å²) in [4.78, 5) is 16.0. The van der Waals surface area contributed by atoms with E-state index in [1.54, 1.807) is 7.11 Å². The van der Waals surface area contributed by atoms with E-state index in [2.05, 4.69) is 24.1 Å². The predicted molar refractivity (Wildman–Crippen MR) is 98.1 cm³/mol. The fraction of sp³-hybridized carbons (Fsp3) is 0.250. The molecule has 0 aliphatic carbocycles. The van der Waals surface area contributed by atoms with Gasteiger partial charge in [-0.1, -0.05) is 32.0 Å². The van der Waals surface area contributed by atoms with Gasteiger partial charge in [-0.15, -0.1) is 0 Å². The number of methoxy groups -OCH3 is 1. The Morgan fingerprint density at radius 3 is 2.62 bits per heavy atom. The number of ether oxygens (including phenoxy) is 1. The van der Waals surface area contributed by atoms with E-state index < -0.39 is 0 Å². The number of anilines is 1. The van der Waals surface area contributed by atoms with Crippen molar-refractivity contribution in [3.63, 3.8) is 0 Å². The van der Waals surface area contributed by atoms with Crippen molar-refractivity contribution in [2.24, 2.45) is 0 Å². The Morgan fingerprint density at radius 2 is 1.92 bits per heavy atom. The van der Waals surface area contributed by atoms with Crippen molar-refractivity contribution in [3.05, 3.63) is 59.3 Å². The topological polar surface area (TPSA) is 54.1 Å². The van der Waals surface area contributed by atoms with E-state index >= 15 is 0 Å². The molecule has 3 rings (SSSR count). The number of rotatable bonds is 4. The minimum absolute atomic E-state index is 0.129. The number of H-pyrrole nitrogens is 1. The first kappa shape index (κ1) is 16.1. The number of aryl methyl sites for hydroxylation is 1. The summed E-state index contributed by atoms with van der Waals surface area (Å²) in [7, 11) is 1.63. The van der Waals surface area contributed by atoms with E-state index in [9.17, 15) is 4.79 Å². The summed E-state index contributed by atoms with van der Waals surface area (Å²) in [6.07, 6.45) is 0. The highest BCUT2D eigenvalue weighted by Gasteiger charge is 2.17. The molecule has 0 unspecified atom stereocenters. The van der Waals surface area contributed by atoms with Crippen LogP contribution in [0.25, 0.3) is 10.9 Å². The molecular weight excluding hydrogens is 300 g/mol. The molecule has 4 heteroatoms. The zero-order chi connectivity index (χ0) is 17.3. The molecule has 0 spiro atoms. The number of aromatic amines is 1. The van der Waals surface area contributed by atoms with Gasteiger partial charge < -0.3 is 15.0 Å². The number of para-hydroxylation sites is 1. The molecule has 1 aromatic heterocycles. The molecular formula is C20H22N2O2. The molecule has 1 heterocycles. The average Bonchev–Trinajstić information content (AvgIpc) is 2.91. The third-order valence-electron chi connectivity index (χ3n) is 4.32. The van der Waals surface area contributed by atoms with Crippen molar-refractivity contribution < 1.29 is 9.53 Å². The lowest BCUT2D eigenvalue weighted by molar-refractivity contribution is 0.102. The highest BCUT2D eigenvalue weighted by Crippen LogP contribution is 2.28. The quantitative estimate of drug-likeness (QED) is 0.720. The zero-order valence-corrected chi connectivity index (χ0v) is 14.4. The normalized spacial score (nSPS) is 11.0. The molecule has 124 valence electrons. The molecule has 2 aromatic carbocycles. The van der Waals surface area contributed by atoms with Crippen molar-refractivity contribution in [3.8, 4) is 5.75 Å². The zero-order valence-electron chi connectivity index (χ0n) is 14.4. The lowest BCUT2D eigenvalue weighted by atomic mass is 10.0. The maximum atomic E-state index is 12.8. The van der Waals surface area contributed by atoms with Crippen LogP contribution in [0.15, 0.2) is 42.5 Å². The van der Waals surface area contributed by atoms with Crippen molar-refractivity contribution in [2.45, 2.75) is 26.7 Å². The van der Waals surface area contributed by atoms with E-state index in [0.717, 1.165) is 33.5 Å². The minimum atomic E-state index is -0.129. The summed E-state index contributed by atoms with van der Waals surface area (Å²) in [6.45, 7) is 6.19. The third-order valence-corrected chi connectivity index (χ3v) is 4.32. The monoisotopic (exact) mass is 322 g/mol. The molecule has 2 N–H and O–H groups in total. The predicted octanol–water partition coefficient (Wildman–Crippen LogP) is 4.86. The van der Waals surface area contributed by atoms with E-state index in [0.29, 0.717) is 11.6 Å². The molecule has 0 saturated heterocycles. The smallest absolute Gasteiger partial charge is 0.272 e. The number of carbonyl (C=O) groups excluding carboxylic acids is 1. The third kappa shape index (κ3) is 2.87. The summed E-state index contributed by atoms with van der Waals surface area (Å²) in [5, 5.41) is 4.06. The summed E-state index contributed by atoms with van der Waals surface area (Å²) in [5.41, 5.74) is 4.40. The van der Waals surface area contributed by atoms with Crippen LogP contribution in [0.2, 0.25) is 0 Å². The van der Waals surface area contributed by atoms with Crippen molar-refractivity contribution in [1.29, 1.82) is 0 Å². The number of aromatic nitrogens is 1. The summed E-state index contributed by atoms with van der Waals surface area (Å²) in [6, 6.07) is 13.7. The van der Waals surface area contributed by atoms with Crippen LogP contribution in [0.3, 0.4) is 0 Å². The van der Waals surface area contributed by atoms with Crippen molar-refractivity contribution in [1.82, 2.24) is 4.98 Å². The van der Waals surface area contributed by atoms with E-state index in [1.165, 1.54) is 0 Å². The Balaban J connectivity index is 1.96. The fourth-order valence-electron chi connectivity index (χ4n) is 2.97. The first-order valence-electron chi connectivity index (χ1n) is 8.08. The van der Waals surface area contributed by atoms with Crippen LogP contribution in [0, 0.1) is 6.92 Å². The summed E-state index contributed by atoms with van der Waals surface area (Å²) >= 11 is 0. The molecule has 0 bridgehead atoms. The second kappa shape index (κ2) is 6.40. The van der Waals surface area contributed by atoms with E-state index in [-0.39, 0.29) is 5.91 Å². The summed E-state index contributed by atoms with van der Waals surface area (Å²) < 4.78 is 5.25. The van der Waals surface area contributed by atoms with Gasteiger partial charge in [0.25, 0.3) is 5.91 Å². The van der Waals surface area contributed by atoms with E-state index in [4.69, 9.17) is 4.74 Å². The first-order chi connectivity index (χ1) is 11.5. The number of hydrogen-bond donors (Lipinski definition) is 2. The van der Waals surface area contributed by atoms with Gasteiger partial charge in [-0.2, -0.15) is 0 Å². The van der Waals surface area contributed by atoms with Crippen molar-refractivity contribution >= 4 is 22.5 Å². The molecule has 0 aliphatic rings. The molecule has 0 aliphatic heterocycles. The second-order valence-corrected chi connectivity index (χ2v) is 6.23. The Kier molecular flexibility index (Phi) is 4.30. The SMILES string of the molecule is COc1ccc2c(C)c(C(=O)Nc3ccccc3C(C)C)[nH]c2c1. The van der Waals surface area contributed by atoms with Crippen LogP contribution in [-0.2, 0) is 0 Å². The number of carbonyl (C=O) groups is 1. The summed E-state index contributed by atoms with van der Waals surface area (Å²) in [5.74, 6) is 0.978. The van der Waals surface area contributed by atoms with Crippen LogP contribution in [0.4, 0.5) is 5.69 Å². The molecule has 3 aromatic rings. The molecule has 0 fully saturated rings. The molecule has 0 saturated carbocycles. The van der Waals surface area contributed by atoms with Gasteiger partial charge in [0.05, 0.1) is 7.11 Å². The van der Waals surface area contributed by atoms with Crippen LogP contribution in [0.1, 0.15) is 41.4 Å². The second-order valence-electron chi connectivity index (χ2n) is 6.23. The van der Waals surface area contributed by atoms with Gasteiger partial charge in [0.2, 0.25) is 0 Å². The Hall–Kier alpha value is -2.75. The Labute approximate surface area is 141 Å². The molecule has 1 amide bonds. The first-order valence-corrected chi connectivity index (χ1v) is 8.08. The van der Waals surface area contributed by atoms with Crippen LogP contribution in [0.5, 0.6) is 5.75 Å². The van der Waals surface area contributed by atoms with E-state index in [1.807, 2.05) is 49.4 Å². The maximum absolute atomic E-state index is 12.8. The van der Waals surface area contributed by atoms with Gasteiger partial charge in [-0.05, 0) is 42.2 Å². The molecule has 4 nitrogen and oxygen atoms in total. The highest BCUT2D eigenvalue weighted by molar-refractivity contribution is 6.08. The number of hydrogen-bond acceptors (Lipinski definition) is 2. The Morgan fingerprint density at radius 1 is 1.17 bits per heavy atom. The standard InChI is InChI=1S/C20H22N2O2/c1-12(2)15-7-5-6-8-17(15)22-20(23)19-13(3)16-10-9-14(24-4)11-18(16)21-19/h5-12,21H,1-4H3,(H,22,23). The molecule has 0 atom stereocenters. The molecule has 24 heavy (non-hydrogen) atoms. The van der Waals surface area contributed by atoms with Gasteiger partial charge in [0, 0.05) is 22.7 Å². The van der Waals surface area contributed by atoms with Gasteiger partial charge in [-0.3, -0.25) is 4.79 Å². The van der Waals surface area contributed by atoms with Gasteiger partial charge in [0.15, 0.2) is 0 Å². The fourth-order valence-corrected chi connectivity index (χ4v) is 2.97. The molecule has 0 radical (unpaired) electrons. The Bertz CT molecular complexity index is 894.